The maximum absolute atomic E-state index is 13.0. The highest BCUT2D eigenvalue weighted by atomic mass is 35.5. The molecule has 4 nitrogen and oxygen atoms in total. The van der Waals surface area contributed by atoms with E-state index in [9.17, 15) is 8.42 Å². The van der Waals surface area contributed by atoms with Crippen LogP contribution in [0.4, 0.5) is 0 Å². The molecule has 0 radical (unpaired) electrons. The van der Waals surface area contributed by atoms with Gasteiger partial charge in [0.2, 0.25) is 10.0 Å². The van der Waals surface area contributed by atoms with Gasteiger partial charge in [0.25, 0.3) is 0 Å². The second-order valence-electron chi connectivity index (χ2n) is 5.59. The Kier molecular flexibility index (Phi) is 5.17. The molecular weight excluding hydrogens is 310 g/mol. The van der Waals surface area contributed by atoms with Gasteiger partial charge in [0.05, 0.1) is 7.11 Å². The monoisotopic (exact) mass is 331 g/mol. The number of benzene rings is 1. The molecule has 1 fully saturated rings. The zero-order valence-electron chi connectivity index (χ0n) is 12.7. The summed E-state index contributed by atoms with van der Waals surface area (Å²) in [6.07, 6.45) is 1.95. The third-order valence-corrected chi connectivity index (χ3v) is 6.60. The third kappa shape index (κ3) is 3.20. The molecule has 0 aliphatic carbocycles. The fraction of sp³-hybridized carbons (Fsp3) is 0.600. The van der Waals surface area contributed by atoms with E-state index >= 15 is 0 Å². The fourth-order valence-corrected chi connectivity index (χ4v) is 4.91. The molecule has 6 heteroatoms. The SMILES string of the molecule is COc1ccc(CCl)cc1S(=O)(=O)N1CCCC(C)C1C. The molecule has 0 amide bonds. The maximum Gasteiger partial charge on any atom is 0.247 e. The molecule has 118 valence electrons. The van der Waals surface area contributed by atoms with Crippen molar-refractivity contribution in [2.75, 3.05) is 13.7 Å². The Morgan fingerprint density at radius 3 is 2.71 bits per heavy atom. The highest BCUT2D eigenvalue weighted by Crippen LogP contribution is 2.33. The van der Waals surface area contributed by atoms with Crippen molar-refractivity contribution in [1.82, 2.24) is 4.31 Å². The van der Waals surface area contributed by atoms with Crippen molar-refractivity contribution in [3.8, 4) is 5.75 Å². The smallest absolute Gasteiger partial charge is 0.247 e. The molecule has 2 rings (SSSR count). The van der Waals surface area contributed by atoms with Crippen molar-refractivity contribution in [3.05, 3.63) is 23.8 Å². The average Bonchev–Trinajstić information content (AvgIpc) is 2.49. The Balaban J connectivity index is 2.47. The normalized spacial score (nSPS) is 24.0. The molecule has 1 aromatic rings. The molecule has 0 aromatic heterocycles. The summed E-state index contributed by atoms with van der Waals surface area (Å²) in [7, 11) is -2.09. The largest absolute Gasteiger partial charge is 0.495 e. The molecule has 0 bridgehead atoms. The molecule has 2 unspecified atom stereocenters. The van der Waals surface area contributed by atoms with E-state index in [0.29, 0.717) is 18.2 Å². The highest BCUT2D eigenvalue weighted by molar-refractivity contribution is 7.89. The second-order valence-corrected chi connectivity index (χ2v) is 7.72. The van der Waals surface area contributed by atoms with Crippen molar-refractivity contribution >= 4 is 21.6 Å². The summed E-state index contributed by atoms with van der Waals surface area (Å²) in [5.74, 6) is 1.00. The van der Waals surface area contributed by atoms with Crippen molar-refractivity contribution in [2.45, 2.75) is 43.5 Å². The van der Waals surface area contributed by atoms with E-state index in [1.807, 2.05) is 6.92 Å². The van der Waals surface area contributed by atoms with Gasteiger partial charge < -0.3 is 4.74 Å². The first kappa shape index (κ1) is 16.6. The predicted octanol–water partition coefficient (Wildman–Crippen LogP) is 3.24. The Hall–Kier alpha value is -0.780. The van der Waals surface area contributed by atoms with Crippen LogP contribution in [0, 0.1) is 5.92 Å². The minimum Gasteiger partial charge on any atom is -0.495 e. The Bertz CT molecular complexity index is 603. The van der Waals surface area contributed by atoms with Crippen LogP contribution in [0.1, 0.15) is 32.3 Å². The van der Waals surface area contributed by atoms with Crippen LogP contribution in [0.2, 0.25) is 0 Å². The third-order valence-electron chi connectivity index (χ3n) is 4.28. The van der Waals surface area contributed by atoms with Crippen molar-refractivity contribution in [2.24, 2.45) is 5.92 Å². The molecular formula is C15H22ClNO3S. The summed E-state index contributed by atoms with van der Waals surface area (Å²) < 4.78 is 32.8. The summed E-state index contributed by atoms with van der Waals surface area (Å²) in [6.45, 7) is 4.63. The Morgan fingerprint density at radius 2 is 2.10 bits per heavy atom. The Morgan fingerprint density at radius 1 is 1.38 bits per heavy atom. The quantitative estimate of drug-likeness (QED) is 0.796. The summed E-state index contributed by atoms with van der Waals surface area (Å²) >= 11 is 5.83. The van der Waals surface area contributed by atoms with Crippen LogP contribution in [0.5, 0.6) is 5.75 Å². The van der Waals surface area contributed by atoms with Gasteiger partial charge in [-0.2, -0.15) is 4.31 Å². The standard InChI is InChI=1S/C15H22ClNO3S/c1-11-5-4-8-17(12(11)2)21(18,19)15-9-13(10-16)6-7-14(15)20-3/h6-7,9,11-12H,4-5,8,10H2,1-3H3. The van der Waals surface area contributed by atoms with Crippen LogP contribution >= 0.6 is 11.6 Å². The lowest BCUT2D eigenvalue weighted by Gasteiger charge is -2.37. The number of nitrogens with zero attached hydrogens (tertiary/aromatic N) is 1. The molecule has 21 heavy (non-hydrogen) atoms. The fourth-order valence-electron chi connectivity index (χ4n) is 2.77. The summed E-state index contributed by atoms with van der Waals surface area (Å²) in [4.78, 5) is 0.212. The number of halogens is 1. The van der Waals surface area contributed by atoms with Crippen molar-refractivity contribution in [1.29, 1.82) is 0 Å². The van der Waals surface area contributed by atoms with Gasteiger partial charge in [0, 0.05) is 18.5 Å². The van der Waals surface area contributed by atoms with E-state index in [4.69, 9.17) is 16.3 Å². The number of alkyl halides is 1. The van der Waals surface area contributed by atoms with Gasteiger partial charge in [-0.25, -0.2) is 8.42 Å². The topological polar surface area (TPSA) is 46.6 Å². The number of methoxy groups -OCH3 is 1. The van der Waals surface area contributed by atoms with Crippen molar-refractivity contribution in [3.63, 3.8) is 0 Å². The van der Waals surface area contributed by atoms with Gasteiger partial charge in [-0.15, -0.1) is 11.6 Å². The molecule has 2 atom stereocenters. The van der Waals surface area contributed by atoms with Gasteiger partial charge >= 0.3 is 0 Å². The van der Waals surface area contributed by atoms with Crippen LogP contribution in [0.3, 0.4) is 0 Å². The molecule has 1 aliphatic rings. The number of hydrogen-bond acceptors (Lipinski definition) is 3. The van der Waals surface area contributed by atoms with E-state index in [2.05, 4.69) is 6.92 Å². The molecule has 1 heterocycles. The lowest BCUT2D eigenvalue weighted by atomic mass is 9.94. The van der Waals surface area contributed by atoms with Gasteiger partial charge in [-0.05, 0) is 43.4 Å². The van der Waals surface area contributed by atoms with Gasteiger partial charge in [-0.1, -0.05) is 13.0 Å². The molecule has 0 N–H and O–H groups in total. The van der Waals surface area contributed by atoms with Gasteiger partial charge in [-0.3, -0.25) is 0 Å². The maximum atomic E-state index is 13.0. The lowest BCUT2D eigenvalue weighted by Crippen LogP contribution is -2.45. The van der Waals surface area contributed by atoms with E-state index in [1.165, 1.54) is 7.11 Å². The molecule has 1 saturated heterocycles. The number of rotatable bonds is 4. The Labute approximate surface area is 132 Å². The first-order valence-electron chi connectivity index (χ1n) is 7.16. The van der Waals surface area contributed by atoms with Crippen molar-refractivity contribution < 1.29 is 13.2 Å². The molecule has 1 aromatic carbocycles. The van der Waals surface area contributed by atoms with E-state index in [1.54, 1.807) is 22.5 Å². The summed E-state index contributed by atoms with van der Waals surface area (Å²) in [5.41, 5.74) is 0.772. The minimum absolute atomic E-state index is 0.00638. The first-order chi connectivity index (χ1) is 9.91. The number of ether oxygens (including phenoxy) is 1. The predicted molar refractivity (Wildman–Crippen MR) is 84.3 cm³/mol. The average molecular weight is 332 g/mol. The number of piperidine rings is 1. The first-order valence-corrected chi connectivity index (χ1v) is 9.14. The zero-order chi connectivity index (χ0) is 15.6. The summed E-state index contributed by atoms with van der Waals surface area (Å²) in [6, 6.07) is 5.07. The van der Waals surface area contributed by atoms with E-state index in [-0.39, 0.29) is 16.8 Å². The number of sulfonamides is 1. The minimum atomic E-state index is -3.57. The number of hydrogen-bond donors (Lipinski definition) is 0. The van der Waals surface area contributed by atoms with Gasteiger partial charge in [0.15, 0.2) is 0 Å². The molecule has 0 saturated carbocycles. The molecule has 0 spiro atoms. The van der Waals surface area contributed by atoms with Crippen LogP contribution in [0.25, 0.3) is 0 Å². The van der Waals surface area contributed by atoms with Gasteiger partial charge in [0.1, 0.15) is 10.6 Å². The second kappa shape index (κ2) is 6.55. The van der Waals surface area contributed by atoms with E-state index in [0.717, 1.165) is 18.4 Å². The summed E-state index contributed by atoms with van der Waals surface area (Å²) in [5, 5.41) is 0. The zero-order valence-corrected chi connectivity index (χ0v) is 14.2. The molecule has 1 aliphatic heterocycles. The van der Waals surface area contributed by atoms with E-state index < -0.39 is 10.0 Å². The van der Waals surface area contributed by atoms with Crippen LogP contribution in [-0.4, -0.2) is 32.4 Å². The lowest BCUT2D eigenvalue weighted by molar-refractivity contribution is 0.202. The van der Waals surface area contributed by atoms with Crippen LogP contribution < -0.4 is 4.74 Å². The van der Waals surface area contributed by atoms with Crippen LogP contribution in [0.15, 0.2) is 23.1 Å². The highest BCUT2D eigenvalue weighted by Gasteiger charge is 2.36. The van der Waals surface area contributed by atoms with Crippen LogP contribution in [-0.2, 0) is 15.9 Å².